The lowest BCUT2D eigenvalue weighted by Gasteiger charge is -2.22. The Kier molecular flexibility index (Phi) is 6.03. The predicted octanol–water partition coefficient (Wildman–Crippen LogP) is 3.07. The van der Waals surface area contributed by atoms with E-state index in [0.29, 0.717) is 16.9 Å². The average Bonchev–Trinajstić information content (AvgIpc) is 2.99. The molecule has 6 heteroatoms. The van der Waals surface area contributed by atoms with Gasteiger partial charge in [0, 0.05) is 6.42 Å². The molecule has 0 spiro atoms. The summed E-state index contributed by atoms with van der Waals surface area (Å²) in [6.07, 6.45) is 5.08. The van der Waals surface area contributed by atoms with Crippen LogP contribution in [0.3, 0.4) is 0 Å². The number of carbonyl (C=O) groups excluding carboxylic acids is 3. The van der Waals surface area contributed by atoms with Crippen LogP contribution in [0.15, 0.2) is 23.5 Å². The number of methoxy groups -OCH3 is 2. The van der Waals surface area contributed by atoms with Crippen LogP contribution in [0.1, 0.15) is 51.9 Å². The van der Waals surface area contributed by atoms with E-state index < -0.39 is 17.4 Å². The Balaban J connectivity index is 2.21. The van der Waals surface area contributed by atoms with Gasteiger partial charge >= 0.3 is 17.9 Å². The molecule has 25 heavy (non-hydrogen) atoms. The molecule has 0 N–H and O–H groups in total. The molecule has 2 aliphatic rings. The van der Waals surface area contributed by atoms with Gasteiger partial charge in [-0.15, -0.1) is 0 Å². The van der Waals surface area contributed by atoms with Gasteiger partial charge < -0.3 is 14.2 Å². The van der Waals surface area contributed by atoms with Gasteiger partial charge in [0.1, 0.15) is 5.76 Å². The summed E-state index contributed by atoms with van der Waals surface area (Å²) in [6.45, 7) is 5.61. The van der Waals surface area contributed by atoms with E-state index in [1.807, 2.05) is 0 Å². The summed E-state index contributed by atoms with van der Waals surface area (Å²) in [5.41, 5.74) is -0.251. The van der Waals surface area contributed by atoms with Crippen molar-refractivity contribution in [3.63, 3.8) is 0 Å². The average molecular weight is 350 g/mol. The quantitative estimate of drug-likeness (QED) is 0.336. The Morgan fingerprint density at radius 2 is 1.56 bits per heavy atom. The van der Waals surface area contributed by atoms with Crippen molar-refractivity contribution in [1.29, 1.82) is 0 Å². The summed E-state index contributed by atoms with van der Waals surface area (Å²) >= 11 is 0. The summed E-state index contributed by atoms with van der Waals surface area (Å²) < 4.78 is 15.1. The summed E-state index contributed by atoms with van der Waals surface area (Å²) in [5.74, 6) is -1.25. The van der Waals surface area contributed by atoms with Crippen LogP contribution in [0.4, 0.5) is 0 Å². The highest BCUT2D eigenvalue weighted by atomic mass is 16.5. The van der Waals surface area contributed by atoms with E-state index in [2.05, 4.69) is 6.58 Å². The first kappa shape index (κ1) is 19.2. The predicted molar refractivity (Wildman–Crippen MR) is 90.2 cm³/mol. The molecule has 0 saturated heterocycles. The van der Waals surface area contributed by atoms with Crippen molar-refractivity contribution in [2.45, 2.75) is 51.9 Å². The zero-order chi connectivity index (χ0) is 18.6. The number of esters is 3. The van der Waals surface area contributed by atoms with Crippen molar-refractivity contribution in [2.24, 2.45) is 11.3 Å². The number of hydrogen-bond acceptors (Lipinski definition) is 6. The summed E-state index contributed by atoms with van der Waals surface area (Å²) in [4.78, 5) is 36.8. The van der Waals surface area contributed by atoms with E-state index in [1.165, 1.54) is 14.2 Å². The maximum absolute atomic E-state index is 12.3. The number of ether oxygens (including phenoxy) is 3. The minimum absolute atomic E-state index is 0.0644. The van der Waals surface area contributed by atoms with Crippen LogP contribution in [0.2, 0.25) is 0 Å². The molecule has 0 unspecified atom stereocenters. The molecule has 2 saturated carbocycles. The number of allylic oxidation sites excluding steroid dienone is 3. The molecule has 0 aliphatic heterocycles. The highest BCUT2D eigenvalue weighted by Gasteiger charge is 2.54. The van der Waals surface area contributed by atoms with Gasteiger partial charge in [-0.05, 0) is 37.3 Å². The normalized spacial score (nSPS) is 22.3. The molecule has 6 nitrogen and oxygen atoms in total. The zero-order valence-electron chi connectivity index (χ0n) is 15.2. The van der Waals surface area contributed by atoms with E-state index in [9.17, 15) is 14.4 Å². The first-order valence-corrected chi connectivity index (χ1v) is 8.62. The highest BCUT2D eigenvalue weighted by molar-refractivity contribution is 6.02. The minimum atomic E-state index is -1.45. The van der Waals surface area contributed by atoms with Crippen LogP contribution >= 0.6 is 0 Å². The van der Waals surface area contributed by atoms with Gasteiger partial charge in [0.05, 0.1) is 20.1 Å². The maximum Gasteiger partial charge on any atom is 0.323 e. The van der Waals surface area contributed by atoms with E-state index in [-0.39, 0.29) is 24.7 Å². The summed E-state index contributed by atoms with van der Waals surface area (Å²) in [6, 6.07) is 0. The molecule has 0 heterocycles. The first-order chi connectivity index (χ1) is 11.9. The largest absolute Gasteiger partial charge is 0.468 e. The van der Waals surface area contributed by atoms with E-state index >= 15 is 0 Å². The van der Waals surface area contributed by atoms with Crippen LogP contribution in [0.25, 0.3) is 0 Å². The van der Waals surface area contributed by atoms with Gasteiger partial charge in [0.25, 0.3) is 0 Å². The van der Waals surface area contributed by atoms with Gasteiger partial charge in [0.15, 0.2) is 5.41 Å². The molecule has 0 amide bonds. The van der Waals surface area contributed by atoms with Gasteiger partial charge in [-0.25, -0.2) is 0 Å². The van der Waals surface area contributed by atoms with Gasteiger partial charge in [0.2, 0.25) is 0 Å². The number of hydrogen-bond donors (Lipinski definition) is 0. The molecule has 0 aromatic rings. The fraction of sp³-hybridized carbons (Fsp3) is 0.632. The summed E-state index contributed by atoms with van der Waals surface area (Å²) in [5, 5.41) is 0. The lowest BCUT2D eigenvalue weighted by atomic mass is 9.85. The van der Waals surface area contributed by atoms with Crippen molar-refractivity contribution in [1.82, 2.24) is 0 Å². The maximum atomic E-state index is 12.3. The van der Waals surface area contributed by atoms with Crippen molar-refractivity contribution in [2.75, 3.05) is 14.2 Å². The van der Waals surface area contributed by atoms with Gasteiger partial charge in [-0.2, -0.15) is 0 Å². The second-order valence-corrected chi connectivity index (χ2v) is 6.81. The molecular formula is C19H26O6. The Morgan fingerprint density at radius 1 is 1.00 bits per heavy atom. The SMILES string of the molecule is C=C1CC(C(=O)OC)(C(=O)OC)C/C1=C(/C)OC(=O)C1CCCCC1. The Labute approximate surface area is 148 Å². The van der Waals surface area contributed by atoms with Crippen molar-refractivity contribution < 1.29 is 28.6 Å². The molecule has 0 radical (unpaired) electrons. The minimum Gasteiger partial charge on any atom is -0.468 e. The Bertz CT molecular complexity index is 593. The topological polar surface area (TPSA) is 78.9 Å². The Hall–Kier alpha value is -2.11. The van der Waals surface area contributed by atoms with Gasteiger partial charge in [-0.1, -0.05) is 25.8 Å². The summed E-state index contributed by atoms with van der Waals surface area (Å²) in [7, 11) is 2.46. The zero-order valence-corrected chi connectivity index (χ0v) is 15.2. The molecule has 138 valence electrons. The van der Waals surface area contributed by atoms with Crippen LogP contribution < -0.4 is 0 Å². The third-order valence-corrected chi connectivity index (χ3v) is 5.19. The third-order valence-electron chi connectivity index (χ3n) is 5.19. The van der Waals surface area contributed by atoms with E-state index in [1.54, 1.807) is 6.92 Å². The number of carbonyl (C=O) groups is 3. The standard InChI is InChI=1S/C19H26O6/c1-12-10-19(17(21)23-3,18(22)24-4)11-15(12)13(2)25-16(20)14-8-6-5-7-9-14/h14H,1,5-11H2,2-4H3/b15-13+. The van der Waals surface area contributed by atoms with Crippen LogP contribution in [0.5, 0.6) is 0 Å². The van der Waals surface area contributed by atoms with Gasteiger partial charge in [-0.3, -0.25) is 14.4 Å². The molecule has 0 atom stereocenters. The molecule has 2 rings (SSSR count). The van der Waals surface area contributed by atoms with Crippen LogP contribution in [-0.2, 0) is 28.6 Å². The lowest BCUT2D eigenvalue weighted by molar-refractivity contribution is -0.168. The fourth-order valence-electron chi connectivity index (χ4n) is 3.73. The van der Waals surface area contributed by atoms with Crippen molar-refractivity contribution in [3.05, 3.63) is 23.5 Å². The highest BCUT2D eigenvalue weighted by Crippen LogP contribution is 2.47. The smallest absolute Gasteiger partial charge is 0.323 e. The molecule has 0 aromatic heterocycles. The van der Waals surface area contributed by atoms with E-state index in [0.717, 1.165) is 32.1 Å². The third kappa shape index (κ3) is 3.78. The molecule has 0 bridgehead atoms. The second-order valence-electron chi connectivity index (χ2n) is 6.81. The fourth-order valence-corrected chi connectivity index (χ4v) is 3.73. The number of rotatable bonds is 4. The van der Waals surface area contributed by atoms with Crippen LogP contribution in [0, 0.1) is 11.3 Å². The molecular weight excluding hydrogens is 324 g/mol. The molecule has 2 aliphatic carbocycles. The first-order valence-electron chi connectivity index (χ1n) is 8.62. The van der Waals surface area contributed by atoms with Crippen molar-refractivity contribution in [3.8, 4) is 0 Å². The second kappa shape index (κ2) is 7.85. The van der Waals surface area contributed by atoms with Crippen molar-refractivity contribution >= 4 is 17.9 Å². The van der Waals surface area contributed by atoms with Crippen LogP contribution in [-0.4, -0.2) is 32.1 Å². The monoisotopic (exact) mass is 350 g/mol. The molecule has 2 fully saturated rings. The van der Waals surface area contributed by atoms with E-state index in [4.69, 9.17) is 14.2 Å². The molecule has 0 aromatic carbocycles. The lowest BCUT2D eigenvalue weighted by Crippen LogP contribution is -2.38. The Morgan fingerprint density at radius 3 is 2.08 bits per heavy atom.